The SMILES string of the molecule is O=C(CCc1cccc(Cl)c1Cl)NCCN1CCN(c2ccccc2)CC1. The number of carbonyl (C=O) groups is 1. The van der Waals surface area contributed by atoms with Crippen LogP contribution >= 0.6 is 23.2 Å². The van der Waals surface area contributed by atoms with Crippen LogP contribution in [0.15, 0.2) is 48.5 Å². The third-order valence-corrected chi connectivity index (χ3v) is 5.75. The number of para-hydroxylation sites is 1. The summed E-state index contributed by atoms with van der Waals surface area (Å²) in [6, 6.07) is 16.0. The predicted octanol–water partition coefficient (Wildman–Crippen LogP) is 3.86. The predicted molar refractivity (Wildman–Crippen MR) is 113 cm³/mol. The standard InChI is InChI=1S/C21H25Cl2N3O/c22-19-8-4-5-17(21(19)23)9-10-20(27)24-11-12-25-13-15-26(16-14-25)18-6-2-1-3-7-18/h1-8H,9-16H2,(H,24,27). The molecule has 1 N–H and O–H groups in total. The van der Waals surface area contributed by atoms with Crippen LogP contribution in [0.4, 0.5) is 5.69 Å². The largest absolute Gasteiger partial charge is 0.369 e. The second kappa shape index (κ2) is 9.98. The van der Waals surface area contributed by atoms with Crippen molar-refractivity contribution in [2.45, 2.75) is 12.8 Å². The number of piperazine rings is 1. The van der Waals surface area contributed by atoms with E-state index in [2.05, 4.69) is 39.4 Å². The quantitative estimate of drug-likeness (QED) is 0.759. The maximum absolute atomic E-state index is 12.1. The first-order valence-electron chi connectivity index (χ1n) is 9.35. The van der Waals surface area contributed by atoms with Crippen LogP contribution in [0.25, 0.3) is 0 Å². The fourth-order valence-electron chi connectivity index (χ4n) is 3.30. The summed E-state index contributed by atoms with van der Waals surface area (Å²) in [7, 11) is 0. The molecule has 0 spiro atoms. The zero-order chi connectivity index (χ0) is 19.1. The topological polar surface area (TPSA) is 35.6 Å². The fraction of sp³-hybridized carbons (Fsp3) is 0.381. The maximum atomic E-state index is 12.1. The number of halogens is 2. The van der Waals surface area contributed by atoms with Gasteiger partial charge in [0.05, 0.1) is 10.0 Å². The van der Waals surface area contributed by atoms with Gasteiger partial charge in [-0.3, -0.25) is 9.69 Å². The molecular formula is C21H25Cl2N3O. The monoisotopic (exact) mass is 405 g/mol. The van der Waals surface area contributed by atoms with E-state index in [1.54, 1.807) is 6.07 Å². The summed E-state index contributed by atoms with van der Waals surface area (Å²) in [5, 5.41) is 4.08. The van der Waals surface area contributed by atoms with Crippen LogP contribution in [-0.2, 0) is 11.2 Å². The van der Waals surface area contributed by atoms with Crippen molar-refractivity contribution in [1.29, 1.82) is 0 Å². The van der Waals surface area contributed by atoms with Gasteiger partial charge in [0, 0.05) is 51.4 Å². The van der Waals surface area contributed by atoms with Crippen molar-refractivity contribution in [3.05, 3.63) is 64.1 Å². The van der Waals surface area contributed by atoms with Gasteiger partial charge in [-0.2, -0.15) is 0 Å². The third-order valence-electron chi connectivity index (χ3n) is 4.90. The molecule has 1 heterocycles. The molecule has 2 aromatic carbocycles. The van der Waals surface area contributed by atoms with E-state index in [1.807, 2.05) is 18.2 Å². The van der Waals surface area contributed by atoms with Crippen molar-refractivity contribution >= 4 is 34.8 Å². The van der Waals surface area contributed by atoms with Gasteiger partial charge in [-0.05, 0) is 30.2 Å². The minimum Gasteiger partial charge on any atom is -0.369 e. The molecule has 0 bridgehead atoms. The lowest BCUT2D eigenvalue weighted by Crippen LogP contribution is -2.48. The molecule has 4 nitrogen and oxygen atoms in total. The van der Waals surface area contributed by atoms with Gasteiger partial charge in [0.15, 0.2) is 0 Å². The van der Waals surface area contributed by atoms with E-state index in [0.717, 1.165) is 38.3 Å². The lowest BCUT2D eigenvalue weighted by molar-refractivity contribution is -0.121. The Morgan fingerprint density at radius 3 is 2.44 bits per heavy atom. The molecule has 2 aromatic rings. The minimum absolute atomic E-state index is 0.0500. The van der Waals surface area contributed by atoms with Crippen LogP contribution in [0.2, 0.25) is 10.0 Å². The van der Waals surface area contributed by atoms with Gasteiger partial charge < -0.3 is 10.2 Å². The molecular weight excluding hydrogens is 381 g/mol. The van der Waals surface area contributed by atoms with E-state index in [9.17, 15) is 4.79 Å². The highest BCUT2D eigenvalue weighted by atomic mass is 35.5. The van der Waals surface area contributed by atoms with E-state index in [1.165, 1.54) is 5.69 Å². The molecule has 27 heavy (non-hydrogen) atoms. The van der Waals surface area contributed by atoms with Crippen molar-refractivity contribution in [2.24, 2.45) is 0 Å². The number of nitrogens with zero attached hydrogens (tertiary/aromatic N) is 2. The van der Waals surface area contributed by atoms with Gasteiger partial charge in [0.2, 0.25) is 5.91 Å². The Morgan fingerprint density at radius 2 is 1.70 bits per heavy atom. The van der Waals surface area contributed by atoms with Crippen LogP contribution in [0.5, 0.6) is 0 Å². The van der Waals surface area contributed by atoms with Gasteiger partial charge in [-0.25, -0.2) is 0 Å². The number of hydrogen-bond acceptors (Lipinski definition) is 3. The minimum atomic E-state index is 0.0500. The number of amides is 1. The number of hydrogen-bond donors (Lipinski definition) is 1. The normalized spacial score (nSPS) is 15.0. The number of aryl methyl sites for hydroxylation is 1. The first-order valence-corrected chi connectivity index (χ1v) is 10.1. The van der Waals surface area contributed by atoms with Crippen LogP contribution in [-0.4, -0.2) is 50.1 Å². The molecule has 3 rings (SSSR count). The van der Waals surface area contributed by atoms with Crippen LogP contribution < -0.4 is 10.2 Å². The van der Waals surface area contributed by atoms with Gasteiger partial charge in [-0.1, -0.05) is 53.5 Å². The molecule has 0 aliphatic carbocycles. The average Bonchev–Trinajstić information content (AvgIpc) is 2.70. The second-order valence-electron chi connectivity index (χ2n) is 6.73. The van der Waals surface area contributed by atoms with Gasteiger partial charge in [0.25, 0.3) is 0 Å². The summed E-state index contributed by atoms with van der Waals surface area (Å²) in [6.07, 6.45) is 1.02. The lowest BCUT2D eigenvalue weighted by Gasteiger charge is -2.36. The molecule has 1 saturated heterocycles. The smallest absolute Gasteiger partial charge is 0.220 e. The number of benzene rings is 2. The molecule has 1 aliphatic rings. The number of rotatable bonds is 7. The van der Waals surface area contributed by atoms with E-state index in [-0.39, 0.29) is 5.91 Å². The van der Waals surface area contributed by atoms with Crippen molar-refractivity contribution in [2.75, 3.05) is 44.2 Å². The Labute approximate surface area is 171 Å². The van der Waals surface area contributed by atoms with Gasteiger partial charge in [-0.15, -0.1) is 0 Å². The summed E-state index contributed by atoms with van der Waals surface area (Å²) in [5.41, 5.74) is 2.20. The second-order valence-corrected chi connectivity index (χ2v) is 7.51. The Morgan fingerprint density at radius 1 is 0.963 bits per heavy atom. The Hall–Kier alpha value is -1.75. The molecule has 1 fully saturated rings. The Balaban J connectivity index is 1.33. The zero-order valence-electron chi connectivity index (χ0n) is 15.3. The molecule has 0 saturated carbocycles. The molecule has 0 atom stereocenters. The van der Waals surface area contributed by atoms with Crippen molar-refractivity contribution < 1.29 is 4.79 Å². The van der Waals surface area contributed by atoms with Gasteiger partial charge in [0.1, 0.15) is 0 Å². The van der Waals surface area contributed by atoms with Crippen LogP contribution in [0, 0.1) is 0 Å². The molecule has 1 amide bonds. The van der Waals surface area contributed by atoms with Crippen LogP contribution in [0.3, 0.4) is 0 Å². The van der Waals surface area contributed by atoms with E-state index >= 15 is 0 Å². The zero-order valence-corrected chi connectivity index (χ0v) is 16.8. The Bertz CT molecular complexity index is 746. The first kappa shape index (κ1) is 20.0. The molecule has 144 valence electrons. The van der Waals surface area contributed by atoms with Crippen molar-refractivity contribution in [3.8, 4) is 0 Å². The molecule has 0 aromatic heterocycles. The van der Waals surface area contributed by atoms with Crippen molar-refractivity contribution in [1.82, 2.24) is 10.2 Å². The summed E-state index contributed by atoms with van der Waals surface area (Å²) >= 11 is 12.2. The Kier molecular flexibility index (Phi) is 7.39. The fourth-order valence-corrected chi connectivity index (χ4v) is 3.71. The van der Waals surface area contributed by atoms with E-state index < -0.39 is 0 Å². The number of anilines is 1. The van der Waals surface area contributed by atoms with Gasteiger partial charge >= 0.3 is 0 Å². The number of carbonyl (C=O) groups excluding carboxylic acids is 1. The highest BCUT2D eigenvalue weighted by molar-refractivity contribution is 6.42. The van der Waals surface area contributed by atoms with E-state index in [0.29, 0.717) is 29.4 Å². The summed E-state index contributed by atoms with van der Waals surface area (Å²) < 4.78 is 0. The first-order chi connectivity index (χ1) is 13.1. The maximum Gasteiger partial charge on any atom is 0.220 e. The molecule has 6 heteroatoms. The molecule has 0 radical (unpaired) electrons. The van der Waals surface area contributed by atoms with E-state index in [4.69, 9.17) is 23.2 Å². The van der Waals surface area contributed by atoms with Crippen LogP contribution in [0.1, 0.15) is 12.0 Å². The summed E-state index contributed by atoms with van der Waals surface area (Å²) in [4.78, 5) is 16.9. The van der Waals surface area contributed by atoms with Crippen molar-refractivity contribution in [3.63, 3.8) is 0 Å². The third kappa shape index (κ3) is 5.86. The average molecular weight is 406 g/mol. The molecule has 0 unspecified atom stereocenters. The summed E-state index contributed by atoms with van der Waals surface area (Å²) in [5.74, 6) is 0.0500. The number of nitrogens with one attached hydrogen (secondary N) is 1. The summed E-state index contributed by atoms with van der Waals surface area (Å²) in [6.45, 7) is 5.63. The molecule has 1 aliphatic heterocycles. The highest BCUT2D eigenvalue weighted by Crippen LogP contribution is 2.26. The highest BCUT2D eigenvalue weighted by Gasteiger charge is 2.16. The lowest BCUT2D eigenvalue weighted by atomic mass is 10.1.